The second-order valence-electron chi connectivity index (χ2n) is 6.16. The number of piperidine rings is 1. The molecule has 6 heteroatoms. The second kappa shape index (κ2) is 9.37. The first-order valence-electron chi connectivity index (χ1n) is 8.10. The third-order valence-electron chi connectivity index (χ3n) is 3.86. The zero-order chi connectivity index (χ0) is 15.2. The molecule has 22 heavy (non-hydrogen) atoms. The summed E-state index contributed by atoms with van der Waals surface area (Å²) in [5, 5.41) is 7.42. The molecule has 1 fully saturated rings. The predicted molar refractivity (Wildman–Crippen MR) is 101 cm³/mol. The summed E-state index contributed by atoms with van der Waals surface area (Å²) in [6, 6.07) is 1.99. The molecule has 2 unspecified atom stereocenters. The Balaban J connectivity index is 0.00000242. The summed E-state index contributed by atoms with van der Waals surface area (Å²) < 4.78 is 5.31. The maximum atomic E-state index is 5.31. The molecule has 1 saturated heterocycles. The van der Waals surface area contributed by atoms with E-state index in [0.29, 0.717) is 6.54 Å². The molecular formula is C16H29IN4O. The lowest BCUT2D eigenvalue weighted by Crippen LogP contribution is -2.48. The molecule has 0 bridgehead atoms. The molecular weight excluding hydrogens is 391 g/mol. The number of nitrogens with one attached hydrogen (secondary N) is 1. The Hall–Kier alpha value is -0.790. The molecule has 2 heterocycles. The van der Waals surface area contributed by atoms with Gasteiger partial charge in [-0.3, -0.25) is 0 Å². The molecule has 0 saturated carbocycles. The van der Waals surface area contributed by atoms with E-state index in [-0.39, 0.29) is 24.0 Å². The second-order valence-corrected chi connectivity index (χ2v) is 6.16. The van der Waals surface area contributed by atoms with Gasteiger partial charge >= 0.3 is 0 Å². The van der Waals surface area contributed by atoms with Gasteiger partial charge in [-0.05, 0) is 31.6 Å². The Kier molecular flexibility index (Phi) is 8.20. The summed E-state index contributed by atoms with van der Waals surface area (Å²) in [6.07, 6.45) is 2.20. The third kappa shape index (κ3) is 5.44. The van der Waals surface area contributed by atoms with Gasteiger partial charge in [0.25, 0.3) is 0 Å². The highest BCUT2D eigenvalue weighted by Gasteiger charge is 2.24. The van der Waals surface area contributed by atoms with Gasteiger partial charge in [-0.1, -0.05) is 25.9 Å². The molecule has 0 amide bonds. The minimum atomic E-state index is 0. The number of aromatic nitrogens is 1. The maximum absolute atomic E-state index is 5.31. The molecule has 126 valence electrons. The van der Waals surface area contributed by atoms with Crippen LogP contribution in [0.1, 0.15) is 45.6 Å². The highest BCUT2D eigenvalue weighted by Crippen LogP contribution is 2.21. The van der Waals surface area contributed by atoms with E-state index in [2.05, 4.69) is 43.1 Å². The van der Waals surface area contributed by atoms with Crippen molar-refractivity contribution in [3.63, 3.8) is 0 Å². The highest BCUT2D eigenvalue weighted by atomic mass is 127. The molecule has 1 aliphatic heterocycles. The van der Waals surface area contributed by atoms with Crippen LogP contribution in [-0.2, 0) is 13.0 Å². The van der Waals surface area contributed by atoms with Gasteiger partial charge in [-0.25, -0.2) is 4.99 Å². The first-order chi connectivity index (χ1) is 10.1. The van der Waals surface area contributed by atoms with E-state index in [9.17, 15) is 0 Å². The molecule has 0 aliphatic carbocycles. The average Bonchev–Trinajstić information content (AvgIpc) is 2.90. The fourth-order valence-corrected chi connectivity index (χ4v) is 3.01. The van der Waals surface area contributed by atoms with Gasteiger partial charge in [-0.15, -0.1) is 24.0 Å². The molecule has 0 aromatic carbocycles. The van der Waals surface area contributed by atoms with Crippen molar-refractivity contribution in [1.29, 1.82) is 0 Å². The van der Waals surface area contributed by atoms with Crippen LogP contribution in [0, 0.1) is 11.8 Å². The van der Waals surface area contributed by atoms with Crippen molar-refractivity contribution in [3.05, 3.63) is 17.5 Å². The molecule has 2 atom stereocenters. The van der Waals surface area contributed by atoms with Crippen molar-refractivity contribution in [2.24, 2.45) is 16.8 Å². The Labute approximate surface area is 150 Å². The van der Waals surface area contributed by atoms with Crippen molar-refractivity contribution in [1.82, 2.24) is 15.4 Å². The van der Waals surface area contributed by atoms with Gasteiger partial charge in [0.1, 0.15) is 6.54 Å². The van der Waals surface area contributed by atoms with Gasteiger partial charge in [-0.2, -0.15) is 0 Å². The molecule has 0 spiro atoms. The van der Waals surface area contributed by atoms with Crippen LogP contribution in [0.5, 0.6) is 0 Å². The van der Waals surface area contributed by atoms with Crippen LogP contribution in [0.3, 0.4) is 0 Å². The fraction of sp³-hybridized carbons (Fsp3) is 0.750. The molecule has 5 nitrogen and oxygen atoms in total. The number of rotatable bonds is 4. The highest BCUT2D eigenvalue weighted by molar-refractivity contribution is 14.0. The van der Waals surface area contributed by atoms with Crippen LogP contribution < -0.4 is 5.32 Å². The summed E-state index contributed by atoms with van der Waals surface area (Å²) >= 11 is 0. The topological polar surface area (TPSA) is 53.7 Å². The normalized spacial score (nSPS) is 22.4. The van der Waals surface area contributed by atoms with E-state index in [1.54, 1.807) is 0 Å². The molecule has 1 aliphatic rings. The Morgan fingerprint density at radius 1 is 1.36 bits per heavy atom. The van der Waals surface area contributed by atoms with Crippen LogP contribution in [0.15, 0.2) is 15.6 Å². The first-order valence-corrected chi connectivity index (χ1v) is 8.10. The lowest BCUT2D eigenvalue weighted by molar-refractivity contribution is 0.208. The lowest BCUT2D eigenvalue weighted by Gasteiger charge is -2.37. The van der Waals surface area contributed by atoms with E-state index < -0.39 is 0 Å². The average molecular weight is 420 g/mol. The molecule has 1 N–H and O–H groups in total. The maximum Gasteiger partial charge on any atom is 0.194 e. The van der Waals surface area contributed by atoms with Crippen molar-refractivity contribution in [3.8, 4) is 0 Å². The van der Waals surface area contributed by atoms with Gasteiger partial charge < -0.3 is 14.7 Å². The summed E-state index contributed by atoms with van der Waals surface area (Å²) in [5.74, 6) is 3.26. The number of halogens is 1. The zero-order valence-electron chi connectivity index (χ0n) is 14.1. The lowest BCUT2D eigenvalue weighted by atomic mass is 9.92. The van der Waals surface area contributed by atoms with E-state index in [1.807, 2.05) is 6.07 Å². The summed E-state index contributed by atoms with van der Waals surface area (Å²) in [4.78, 5) is 7.10. The van der Waals surface area contributed by atoms with Gasteiger partial charge in [0.15, 0.2) is 11.7 Å². The van der Waals surface area contributed by atoms with Crippen molar-refractivity contribution in [2.75, 3.05) is 19.6 Å². The minimum Gasteiger partial charge on any atom is -0.359 e. The number of aliphatic imine (C=N–C) groups is 1. The fourth-order valence-electron chi connectivity index (χ4n) is 3.01. The summed E-state index contributed by atoms with van der Waals surface area (Å²) in [6.45, 7) is 12.4. The van der Waals surface area contributed by atoms with E-state index in [1.165, 1.54) is 6.42 Å². The predicted octanol–water partition coefficient (Wildman–Crippen LogP) is 3.30. The first kappa shape index (κ1) is 19.3. The Bertz CT molecular complexity index is 464. The SMILES string of the molecule is CCNC(=NCc1cc(CC)no1)N1CC(C)CC(C)C1.I. The smallest absolute Gasteiger partial charge is 0.194 e. The third-order valence-corrected chi connectivity index (χ3v) is 3.86. The number of likely N-dealkylation sites (tertiary alicyclic amines) is 1. The van der Waals surface area contributed by atoms with Crippen LogP contribution in [0.4, 0.5) is 0 Å². The summed E-state index contributed by atoms with van der Waals surface area (Å²) in [7, 11) is 0. The van der Waals surface area contributed by atoms with Crippen molar-refractivity contribution >= 4 is 29.9 Å². The summed E-state index contributed by atoms with van der Waals surface area (Å²) in [5.41, 5.74) is 0.991. The molecule has 1 aromatic rings. The van der Waals surface area contributed by atoms with Crippen molar-refractivity contribution in [2.45, 2.75) is 47.1 Å². The quantitative estimate of drug-likeness (QED) is 0.462. The standard InChI is InChI=1S/C16H28N4O.HI/c1-5-14-8-15(21-19-14)9-18-16(17-6-2)20-10-12(3)7-13(4)11-20;/h8,12-13H,5-7,9-11H2,1-4H3,(H,17,18);1H. The number of nitrogens with zero attached hydrogens (tertiary/aromatic N) is 3. The molecule has 2 rings (SSSR count). The van der Waals surface area contributed by atoms with E-state index in [0.717, 1.165) is 55.3 Å². The van der Waals surface area contributed by atoms with Crippen LogP contribution in [-0.4, -0.2) is 35.7 Å². The van der Waals surface area contributed by atoms with Gasteiger partial charge in [0.2, 0.25) is 0 Å². The molecule has 0 radical (unpaired) electrons. The van der Waals surface area contributed by atoms with Crippen molar-refractivity contribution < 1.29 is 4.52 Å². The van der Waals surface area contributed by atoms with E-state index in [4.69, 9.17) is 9.52 Å². The molecule has 1 aromatic heterocycles. The Morgan fingerprint density at radius 2 is 2.05 bits per heavy atom. The van der Waals surface area contributed by atoms with Gasteiger partial charge in [0, 0.05) is 25.7 Å². The van der Waals surface area contributed by atoms with E-state index >= 15 is 0 Å². The minimum absolute atomic E-state index is 0. The Morgan fingerprint density at radius 3 is 2.59 bits per heavy atom. The number of guanidine groups is 1. The van der Waals surface area contributed by atoms with Gasteiger partial charge in [0.05, 0.1) is 5.69 Å². The van der Waals surface area contributed by atoms with Crippen LogP contribution in [0.2, 0.25) is 0 Å². The number of hydrogen-bond acceptors (Lipinski definition) is 3. The van der Waals surface area contributed by atoms with Crippen LogP contribution >= 0.6 is 24.0 Å². The van der Waals surface area contributed by atoms with Crippen LogP contribution in [0.25, 0.3) is 0 Å². The zero-order valence-corrected chi connectivity index (χ0v) is 16.5. The monoisotopic (exact) mass is 420 g/mol. The largest absolute Gasteiger partial charge is 0.359 e. The number of aryl methyl sites for hydroxylation is 1. The number of hydrogen-bond donors (Lipinski definition) is 1.